The van der Waals surface area contributed by atoms with Gasteiger partial charge in [0.15, 0.2) is 0 Å². The minimum Gasteiger partial charge on any atom is -0.468 e. The van der Waals surface area contributed by atoms with Crippen LogP contribution >= 0.6 is 11.8 Å². The van der Waals surface area contributed by atoms with E-state index in [4.69, 9.17) is 9.47 Å². The van der Waals surface area contributed by atoms with Crippen LogP contribution in [0.1, 0.15) is 38.5 Å². The molecule has 3 heterocycles. The topological polar surface area (TPSA) is 38.8 Å². The Labute approximate surface area is 125 Å². The first kappa shape index (κ1) is 14.7. The van der Waals surface area contributed by atoms with Crippen molar-refractivity contribution < 1.29 is 14.3 Å². The quantitative estimate of drug-likeness (QED) is 0.730. The molecule has 4 nitrogen and oxygen atoms in total. The number of nitrogens with zero attached hydrogens (tertiary/aromatic N) is 1. The lowest BCUT2D eigenvalue weighted by atomic mass is 9.87. The molecule has 0 aliphatic carbocycles. The van der Waals surface area contributed by atoms with E-state index in [9.17, 15) is 4.79 Å². The summed E-state index contributed by atoms with van der Waals surface area (Å²) >= 11 is 2.00. The summed E-state index contributed by atoms with van der Waals surface area (Å²) in [5, 5.41) is 0. The maximum atomic E-state index is 12.0. The number of ether oxygens (including phenoxy) is 2. The van der Waals surface area contributed by atoms with Gasteiger partial charge in [-0.2, -0.15) is 11.8 Å². The van der Waals surface area contributed by atoms with Crippen LogP contribution in [0.3, 0.4) is 0 Å². The number of hydrogen-bond donors (Lipinski definition) is 0. The predicted octanol–water partition coefficient (Wildman–Crippen LogP) is 2.07. The Bertz CT molecular complexity index is 357. The number of esters is 1. The van der Waals surface area contributed by atoms with Crippen molar-refractivity contribution >= 4 is 17.7 Å². The highest BCUT2D eigenvalue weighted by Gasteiger charge is 2.44. The van der Waals surface area contributed by atoms with Gasteiger partial charge in [-0.1, -0.05) is 6.42 Å². The van der Waals surface area contributed by atoms with Crippen LogP contribution in [0.25, 0.3) is 0 Å². The Morgan fingerprint density at radius 2 is 2.30 bits per heavy atom. The average Bonchev–Trinajstić information content (AvgIpc) is 2.94. The molecule has 1 spiro atoms. The Morgan fingerprint density at radius 3 is 3.05 bits per heavy atom. The third-order valence-electron chi connectivity index (χ3n) is 5.02. The largest absolute Gasteiger partial charge is 0.468 e. The SMILES string of the molecule is COC(=O)C1CCCCN1C1CCOC2(CCSC2)C1. The Morgan fingerprint density at radius 1 is 1.40 bits per heavy atom. The zero-order chi connectivity index (χ0) is 14.0. The summed E-state index contributed by atoms with van der Waals surface area (Å²) in [5.74, 6) is 2.29. The molecule has 3 aliphatic rings. The average molecular weight is 299 g/mol. The van der Waals surface area contributed by atoms with Gasteiger partial charge >= 0.3 is 5.97 Å². The summed E-state index contributed by atoms with van der Waals surface area (Å²) in [7, 11) is 1.51. The number of methoxy groups -OCH3 is 1. The van der Waals surface area contributed by atoms with Crippen molar-refractivity contribution in [2.75, 3.05) is 31.8 Å². The van der Waals surface area contributed by atoms with Crippen molar-refractivity contribution in [1.82, 2.24) is 4.90 Å². The molecule has 0 aromatic heterocycles. The lowest BCUT2D eigenvalue weighted by molar-refractivity contribution is -0.153. The minimum atomic E-state index is -0.0500. The van der Waals surface area contributed by atoms with Gasteiger partial charge in [0.1, 0.15) is 6.04 Å². The van der Waals surface area contributed by atoms with Gasteiger partial charge in [0.2, 0.25) is 0 Å². The van der Waals surface area contributed by atoms with E-state index < -0.39 is 0 Å². The zero-order valence-corrected chi connectivity index (χ0v) is 13.1. The van der Waals surface area contributed by atoms with E-state index in [1.165, 1.54) is 25.7 Å². The number of carbonyl (C=O) groups excluding carboxylic acids is 1. The highest BCUT2D eigenvalue weighted by molar-refractivity contribution is 7.99. The van der Waals surface area contributed by atoms with Crippen LogP contribution in [0.2, 0.25) is 0 Å². The predicted molar refractivity (Wildman–Crippen MR) is 80.0 cm³/mol. The lowest BCUT2D eigenvalue weighted by Gasteiger charge is -2.46. The maximum absolute atomic E-state index is 12.0. The van der Waals surface area contributed by atoms with Crippen LogP contribution in [0, 0.1) is 0 Å². The van der Waals surface area contributed by atoms with E-state index in [2.05, 4.69) is 4.90 Å². The number of piperidine rings is 1. The first-order valence-corrected chi connectivity index (χ1v) is 8.95. The molecule has 0 bridgehead atoms. The molecule has 20 heavy (non-hydrogen) atoms. The van der Waals surface area contributed by atoms with Crippen LogP contribution in [0.5, 0.6) is 0 Å². The van der Waals surface area contributed by atoms with Gasteiger partial charge < -0.3 is 9.47 Å². The van der Waals surface area contributed by atoms with E-state index in [1.807, 2.05) is 11.8 Å². The van der Waals surface area contributed by atoms with Crippen molar-refractivity contribution in [1.29, 1.82) is 0 Å². The molecule has 0 amide bonds. The van der Waals surface area contributed by atoms with Gasteiger partial charge in [0.25, 0.3) is 0 Å². The van der Waals surface area contributed by atoms with Crippen molar-refractivity contribution in [2.45, 2.75) is 56.2 Å². The van der Waals surface area contributed by atoms with Crippen molar-refractivity contribution in [3.63, 3.8) is 0 Å². The molecule has 5 heteroatoms. The Kier molecular flexibility index (Phi) is 4.58. The fourth-order valence-electron chi connectivity index (χ4n) is 3.93. The highest BCUT2D eigenvalue weighted by atomic mass is 32.2. The standard InChI is InChI=1S/C15H25NO3S/c1-18-14(17)13-4-2-3-7-16(13)12-5-8-19-15(10-12)6-9-20-11-15/h12-13H,2-11H2,1H3. The molecule has 3 saturated heterocycles. The van der Waals surface area contributed by atoms with E-state index >= 15 is 0 Å². The molecular formula is C15H25NO3S. The zero-order valence-electron chi connectivity index (χ0n) is 12.3. The Hall–Kier alpha value is -0.260. The number of carbonyl (C=O) groups is 1. The minimum absolute atomic E-state index is 0.0250. The maximum Gasteiger partial charge on any atom is 0.323 e. The molecule has 114 valence electrons. The number of likely N-dealkylation sites (tertiary alicyclic amines) is 1. The second kappa shape index (κ2) is 6.24. The molecule has 0 radical (unpaired) electrons. The molecule has 0 aromatic carbocycles. The highest BCUT2D eigenvalue weighted by Crippen LogP contribution is 2.40. The van der Waals surface area contributed by atoms with Crippen molar-refractivity contribution in [3.8, 4) is 0 Å². The Balaban J connectivity index is 1.70. The first-order valence-electron chi connectivity index (χ1n) is 7.79. The molecule has 3 aliphatic heterocycles. The van der Waals surface area contributed by atoms with Gasteiger partial charge in [-0.05, 0) is 44.4 Å². The molecule has 3 atom stereocenters. The first-order chi connectivity index (χ1) is 9.74. The van der Waals surface area contributed by atoms with Gasteiger partial charge in [-0.3, -0.25) is 9.69 Å². The van der Waals surface area contributed by atoms with E-state index in [-0.39, 0.29) is 17.6 Å². The van der Waals surface area contributed by atoms with Crippen molar-refractivity contribution in [2.24, 2.45) is 0 Å². The molecule has 3 unspecified atom stereocenters. The van der Waals surface area contributed by atoms with Gasteiger partial charge in [-0.25, -0.2) is 0 Å². The van der Waals surface area contributed by atoms with Gasteiger partial charge in [0, 0.05) is 18.4 Å². The monoisotopic (exact) mass is 299 g/mol. The van der Waals surface area contributed by atoms with Gasteiger partial charge in [0.05, 0.1) is 12.7 Å². The molecule has 3 rings (SSSR count). The van der Waals surface area contributed by atoms with Crippen LogP contribution in [0.15, 0.2) is 0 Å². The van der Waals surface area contributed by atoms with E-state index in [0.717, 1.165) is 44.6 Å². The van der Waals surface area contributed by atoms with Crippen LogP contribution < -0.4 is 0 Å². The molecule has 0 N–H and O–H groups in total. The molecule has 0 saturated carbocycles. The van der Waals surface area contributed by atoms with Crippen LogP contribution in [-0.2, 0) is 14.3 Å². The third kappa shape index (κ3) is 2.85. The van der Waals surface area contributed by atoms with E-state index in [0.29, 0.717) is 6.04 Å². The summed E-state index contributed by atoms with van der Waals surface area (Å²) in [4.78, 5) is 14.5. The summed E-state index contributed by atoms with van der Waals surface area (Å²) in [5.41, 5.74) is 0.0890. The van der Waals surface area contributed by atoms with E-state index in [1.54, 1.807) is 0 Å². The summed E-state index contributed by atoms with van der Waals surface area (Å²) in [6.45, 7) is 1.88. The molecule has 3 fully saturated rings. The second-order valence-corrected chi connectivity index (χ2v) is 7.36. The number of hydrogen-bond acceptors (Lipinski definition) is 5. The fraction of sp³-hybridized carbons (Fsp3) is 0.933. The fourth-order valence-corrected chi connectivity index (χ4v) is 5.31. The lowest BCUT2D eigenvalue weighted by Crippen LogP contribution is -2.55. The molecular weight excluding hydrogens is 274 g/mol. The number of thioether (sulfide) groups is 1. The summed E-state index contributed by atoms with van der Waals surface area (Å²) in [6.07, 6.45) is 6.61. The van der Waals surface area contributed by atoms with Crippen LogP contribution in [0.4, 0.5) is 0 Å². The van der Waals surface area contributed by atoms with Crippen LogP contribution in [-0.4, -0.2) is 60.3 Å². The normalized spacial score (nSPS) is 39.0. The smallest absolute Gasteiger partial charge is 0.323 e. The number of rotatable bonds is 2. The summed E-state index contributed by atoms with van der Waals surface area (Å²) < 4.78 is 11.1. The van der Waals surface area contributed by atoms with Crippen molar-refractivity contribution in [3.05, 3.63) is 0 Å². The molecule has 0 aromatic rings. The second-order valence-electron chi connectivity index (χ2n) is 6.25. The van der Waals surface area contributed by atoms with Gasteiger partial charge in [-0.15, -0.1) is 0 Å². The third-order valence-corrected chi connectivity index (χ3v) is 6.24. The summed E-state index contributed by atoms with van der Waals surface area (Å²) in [6, 6.07) is 0.467.